The average Bonchev–Trinajstić information content (AvgIpc) is 3.35. The molecule has 0 fully saturated rings. The van der Waals surface area contributed by atoms with Crippen molar-refractivity contribution in [1.82, 2.24) is 14.9 Å². The van der Waals surface area contributed by atoms with Gasteiger partial charge in [0.15, 0.2) is 11.6 Å². The minimum absolute atomic E-state index is 0.0326. The largest absolute Gasteiger partial charge is 0.452 e. The molecule has 0 unspecified atom stereocenters. The van der Waals surface area contributed by atoms with Crippen molar-refractivity contribution in [1.29, 1.82) is 0 Å². The van der Waals surface area contributed by atoms with E-state index in [4.69, 9.17) is 4.74 Å². The lowest BCUT2D eigenvalue weighted by Crippen LogP contribution is -2.30. The molecule has 0 aliphatic carbocycles. The number of nitrogens with zero attached hydrogens (tertiary/aromatic N) is 1. The summed E-state index contributed by atoms with van der Waals surface area (Å²) >= 11 is 0.971. The van der Waals surface area contributed by atoms with Gasteiger partial charge in [-0.25, -0.2) is 8.78 Å². The molecule has 0 saturated carbocycles. The van der Waals surface area contributed by atoms with E-state index < -0.39 is 24.7 Å². The smallest absolute Gasteiger partial charge is 0.274 e. The first-order chi connectivity index (χ1) is 17.2. The van der Waals surface area contributed by atoms with Crippen molar-refractivity contribution < 1.29 is 22.9 Å². The third kappa shape index (κ3) is 5.00. The van der Waals surface area contributed by atoms with Crippen LogP contribution < -0.4 is 20.2 Å². The van der Waals surface area contributed by atoms with Crippen LogP contribution in [0.2, 0.25) is 0 Å². The highest BCUT2D eigenvalue weighted by molar-refractivity contribution is 7.75. The lowest BCUT2D eigenvalue weighted by Gasteiger charge is -2.13. The van der Waals surface area contributed by atoms with E-state index in [1.54, 1.807) is 20.9 Å². The number of ether oxygens (including phenoxy) is 1. The Morgan fingerprint density at radius 3 is 2.32 bits per heavy atom. The quantitative estimate of drug-likeness (QED) is 0.304. The summed E-state index contributed by atoms with van der Waals surface area (Å²) < 4.78 is 50.2. The molecule has 2 N–H and O–H groups in total. The molecule has 37 heavy (non-hydrogen) atoms. The summed E-state index contributed by atoms with van der Waals surface area (Å²) in [4.78, 5) is 28.8. The van der Waals surface area contributed by atoms with E-state index in [0.29, 0.717) is 27.0 Å². The van der Waals surface area contributed by atoms with Crippen LogP contribution in [0, 0.1) is 25.5 Å². The fourth-order valence-electron chi connectivity index (χ4n) is 4.14. The van der Waals surface area contributed by atoms with Crippen LogP contribution >= 0.6 is 18.5 Å². The van der Waals surface area contributed by atoms with Crippen molar-refractivity contribution in [2.45, 2.75) is 33.7 Å². The van der Waals surface area contributed by atoms with Gasteiger partial charge >= 0.3 is 0 Å². The number of hydrogen-bond acceptors (Lipinski definition) is 5. The van der Waals surface area contributed by atoms with Crippen LogP contribution in [0.3, 0.4) is 0 Å². The Labute approximate surface area is 216 Å². The van der Waals surface area contributed by atoms with Gasteiger partial charge in [-0.2, -0.15) is 0 Å². The Morgan fingerprint density at radius 1 is 1.14 bits per heavy atom. The summed E-state index contributed by atoms with van der Waals surface area (Å²) in [7, 11) is -1.52. The fraction of sp³-hybridized carbons (Fsp3) is 0.308. The highest BCUT2D eigenvalue weighted by Crippen LogP contribution is 2.49. The molecule has 0 aliphatic rings. The van der Waals surface area contributed by atoms with Crippen LogP contribution in [0.25, 0.3) is 21.3 Å². The number of rotatable bonds is 6. The molecule has 0 atom stereocenters. The van der Waals surface area contributed by atoms with Crippen molar-refractivity contribution in [2.24, 2.45) is 7.05 Å². The first-order valence-electron chi connectivity index (χ1n) is 11.5. The number of amides is 1. The third-order valence-electron chi connectivity index (χ3n) is 5.78. The fourth-order valence-corrected chi connectivity index (χ4v) is 6.74. The monoisotopic (exact) mass is 547 g/mol. The zero-order valence-corrected chi connectivity index (χ0v) is 23.3. The van der Waals surface area contributed by atoms with E-state index in [1.807, 2.05) is 13.8 Å². The van der Waals surface area contributed by atoms with Crippen molar-refractivity contribution in [3.05, 3.63) is 63.2 Å². The molecule has 0 spiro atoms. The van der Waals surface area contributed by atoms with E-state index >= 15 is 4.39 Å². The summed E-state index contributed by atoms with van der Waals surface area (Å²) in [5.74, 6) is -1.50. The molecule has 4 rings (SSSR count). The maximum absolute atomic E-state index is 15.9. The molecule has 1 aromatic carbocycles. The molecule has 3 aromatic heterocycles. The number of carbonyl (C=O) groups is 1. The second-order valence-electron chi connectivity index (χ2n) is 9.76. The van der Waals surface area contributed by atoms with Gasteiger partial charge in [0.2, 0.25) is 0 Å². The van der Waals surface area contributed by atoms with Crippen LogP contribution in [-0.4, -0.2) is 34.8 Å². The van der Waals surface area contributed by atoms with Gasteiger partial charge in [-0.3, -0.25) is 9.59 Å². The number of carbonyl (C=O) groups excluding carboxylic acids is 1. The third-order valence-corrected chi connectivity index (χ3v) is 9.53. The number of thiophene rings is 1. The molecule has 3 heterocycles. The highest BCUT2D eigenvalue weighted by atomic mass is 32.1. The Kier molecular flexibility index (Phi) is 6.94. The maximum Gasteiger partial charge on any atom is 0.274 e. The van der Waals surface area contributed by atoms with Crippen molar-refractivity contribution in [3.63, 3.8) is 0 Å². The zero-order chi connectivity index (χ0) is 27.4. The van der Waals surface area contributed by atoms with E-state index in [1.165, 1.54) is 42.3 Å². The number of fused-ring (bicyclic) bond motifs is 1. The van der Waals surface area contributed by atoms with E-state index in [2.05, 4.69) is 10.3 Å². The predicted molar refractivity (Wildman–Crippen MR) is 144 cm³/mol. The highest BCUT2D eigenvalue weighted by Gasteiger charge is 2.31. The Morgan fingerprint density at radius 2 is 1.76 bits per heavy atom. The standard InChI is InChI=1S/C26H28F2N3O4PS/c1-12(2)29-24(32)18-10-16-17(11-31(5)25(33)20(16)30-18)23-22(19(28)26(37-23)36(6,7)34)35-21-13(3)8-15(27)9-14(21)4/h8-12,30H,1-7H3,(H,29,32). The number of halogens is 2. The average molecular weight is 548 g/mol. The summed E-state index contributed by atoms with van der Waals surface area (Å²) in [6, 6.07) is 3.99. The van der Waals surface area contributed by atoms with Gasteiger partial charge in [-0.05, 0) is 70.4 Å². The first kappa shape index (κ1) is 26.8. The van der Waals surface area contributed by atoms with E-state index in [0.717, 1.165) is 11.3 Å². The van der Waals surface area contributed by atoms with Crippen molar-refractivity contribution >= 4 is 39.9 Å². The number of nitrogens with one attached hydrogen (secondary N) is 2. The van der Waals surface area contributed by atoms with Gasteiger partial charge in [-0.15, -0.1) is 11.3 Å². The van der Waals surface area contributed by atoms with Gasteiger partial charge in [-0.1, -0.05) is 0 Å². The van der Waals surface area contributed by atoms with Gasteiger partial charge in [0.05, 0.1) is 4.88 Å². The molecule has 1 amide bonds. The summed E-state index contributed by atoms with van der Waals surface area (Å²) in [5.41, 5.74) is 1.32. The summed E-state index contributed by atoms with van der Waals surface area (Å²) in [6.45, 7) is 9.86. The number of aryl methyl sites for hydroxylation is 3. The molecule has 196 valence electrons. The van der Waals surface area contributed by atoms with Crippen LogP contribution in [-0.2, 0) is 11.6 Å². The van der Waals surface area contributed by atoms with Gasteiger partial charge in [0.1, 0.15) is 34.5 Å². The SMILES string of the molecule is Cc1cc(F)cc(C)c1Oc1c(-c2cn(C)c(=O)c3[nH]c(C(=O)NC(C)C)cc23)sc(P(C)(C)=O)c1F. The Balaban J connectivity index is 2.01. The number of hydrogen-bond donors (Lipinski definition) is 2. The van der Waals surface area contributed by atoms with Crippen molar-refractivity contribution in [2.75, 3.05) is 13.3 Å². The van der Waals surface area contributed by atoms with Crippen LogP contribution in [0.15, 0.2) is 29.2 Å². The number of pyridine rings is 1. The molecule has 7 nitrogen and oxygen atoms in total. The molecule has 11 heteroatoms. The lowest BCUT2D eigenvalue weighted by molar-refractivity contribution is 0.0939. The molecule has 0 aliphatic heterocycles. The minimum Gasteiger partial charge on any atom is -0.452 e. The van der Waals surface area contributed by atoms with Gasteiger partial charge in [0, 0.05) is 30.2 Å². The normalized spacial score (nSPS) is 11.9. The second-order valence-corrected chi connectivity index (χ2v) is 14.2. The topological polar surface area (TPSA) is 93.2 Å². The predicted octanol–water partition coefficient (Wildman–Crippen LogP) is 5.67. The molecular weight excluding hydrogens is 519 g/mol. The summed E-state index contributed by atoms with van der Waals surface area (Å²) in [5, 5.41) is 3.17. The van der Waals surface area contributed by atoms with Gasteiger partial charge < -0.3 is 24.2 Å². The molecule has 0 saturated heterocycles. The van der Waals surface area contributed by atoms with Crippen molar-refractivity contribution in [3.8, 4) is 21.9 Å². The molecule has 4 aromatic rings. The van der Waals surface area contributed by atoms with Gasteiger partial charge in [0.25, 0.3) is 11.5 Å². The van der Waals surface area contributed by atoms with E-state index in [9.17, 15) is 18.5 Å². The second kappa shape index (κ2) is 9.58. The zero-order valence-electron chi connectivity index (χ0n) is 21.6. The first-order valence-corrected chi connectivity index (χ1v) is 15.0. The number of aromatic amines is 1. The minimum atomic E-state index is -3.06. The Bertz CT molecular complexity index is 1640. The Hall–Kier alpha value is -3.23. The summed E-state index contributed by atoms with van der Waals surface area (Å²) in [6.07, 6.45) is 1.53. The number of aromatic nitrogens is 2. The molecule has 0 bridgehead atoms. The molecule has 0 radical (unpaired) electrons. The maximum atomic E-state index is 15.9. The van der Waals surface area contributed by atoms with E-state index in [-0.39, 0.29) is 38.9 Å². The lowest BCUT2D eigenvalue weighted by atomic mass is 10.1. The molecular formula is C26H28F2N3O4PS. The van der Waals surface area contributed by atoms with Crippen LogP contribution in [0.4, 0.5) is 8.78 Å². The number of benzene rings is 1. The van der Waals surface area contributed by atoms with Crippen LogP contribution in [0.5, 0.6) is 11.5 Å². The van der Waals surface area contributed by atoms with Crippen LogP contribution in [0.1, 0.15) is 35.5 Å². The number of H-pyrrole nitrogens is 1.